The van der Waals surface area contributed by atoms with Crippen molar-refractivity contribution in [3.63, 3.8) is 0 Å². The zero-order valence-corrected chi connectivity index (χ0v) is 17.2. The lowest BCUT2D eigenvalue weighted by atomic mass is 9.88. The van der Waals surface area contributed by atoms with E-state index >= 15 is 0 Å². The first-order valence-corrected chi connectivity index (χ1v) is 10.5. The van der Waals surface area contributed by atoms with Crippen LogP contribution in [-0.4, -0.2) is 56.0 Å². The van der Waals surface area contributed by atoms with Crippen LogP contribution in [0.4, 0.5) is 10.8 Å². The second kappa shape index (κ2) is 7.30. The first kappa shape index (κ1) is 18.7. The van der Waals surface area contributed by atoms with Gasteiger partial charge in [0, 0.05) is 25.5 Å². The standard InChI is InChI=1S/C23H21N5O4/c29-23(30)28-16-11-17(28)13-26(12-16)22-25-20-19(31-14-15-5-2-1-3-6-15)8-7-18(21(20)32-22)27-10-4-9-24-27/h1-10,16-17H,11-14H2,(H,29,30). The van der Waals surface area contributed by atoms with Crippen LogP contribution >= 0.6 is 0 Å². The van der Waals surface area contributed by atoms with E-state index in [1.807, 2.05) is 59.6 Å². The van der Waals surface area contributed by atoms with Crippen LogP contribution in [0.5, 0.6) is 5.75 Å². The summed E-state index contributed by atoms with van der Waals surface area (Å²) in [5, 5.41) is 13.7. The summed E-state index contributed by atoms with van der Waals surface area (Å²) in [5.74, 6) is 0.629. The van der Waals surface area contributed by atoms with Crippen molar-refractivity contribution in [3.8, 4) is 11.4 Å². The molecule has 1 N–H and O–H groups in total. The van der Waals surface area contributed by atoms with Gasteiger partial charge in [0.2, 0.25) is 0 Å². The van der Waals surface area contributed by atoms with E-state index in [0.717, 1.165) is 17.7 Å². The maximum atomic E-state index is 11.4. The average Bonchev–Trinajstić information content (AvgIpc) is 3.48. The van der Waals surface area contributed by atoms with Crippen LogP contribution in [-0.2, 0) is 6.61 Å². The molecule has 0 saturated carbocycles. The number of hydrogen-bond acceptors (Lipinski definition) is 6. The van der Waals surface area contributed by atoms with Crippen LogP contribution < -0.4 is 9.64 Å². The van der Waals surface area contributed by atoms with Crippen LogP contribution in [0.3, 0.4) is 0 Å². The lowest BCUT2D eigenvalue weighted by molar-refractivity contribution is 0.0101. The first-order valence-electron chi connectivity index (χ1n) is 10.5. The molecule has 0 spiro atoms. The van der Waals surface area contributed by atoms with Crippen molar-refractivity contribution >= 4 is 23.2 Å². The minimum absolute atomic E-state index is 0.0272. The van der Waals surface area contributed by atoms with Crippen molar-refractivity contribution in [2.45, 2.75) is 25.1 Å². The summed E-state index contributed by atoms with van der Waals surface area (Å²) in [4.78, 5) is 19.8. The summed E-state index contributed by atoms with van der Waals surface area (Å²) >= 11 is 0. The number of hydrogen-bond donors (Lipinski definition) is 1. The molecule has 0 aliphatic carbocycles. The topological polar surface area (TPSA) is 96.9 Å². The number of carboxylic acid groups (broad SMARTS) is 1. The Morgan fingerprint density at radius 3 is 2.66 bits per heavy atom. The lowest BCUT2D eigenvalue weighted by Crippen LogP contribution is -2.70. The molecule has 7 rings (SSSR count). The molecule has 4 aromatic rings. The van der Waals surface area contributed by atoms with Crippen molar-refractivity contribution in [1.82, 2.24) is 19.7 Å². The third-order valence-electron chi connectivity index (χ3n) is 6.15. The van der Waals surface area contributed by atoms with Gasteiger partial charge in [-0.05, 0) is 30.2 Å². The van der Waals surface area contributed by atoms with E-state index in [-0.39, 0.29) is 12.1 Å². The molecule has 3 fully saturated rings. The van der Waals surface area contributed by atoms with Gasteiger partial charge < -0.3 is 19.2 Å². The van der Waals surface area contributed by atoms with Crippen LogP contribution in [0.1, 0.15) is 12.0 Å². The van der Waals surface area contributed by atoms with Gasteiger partial charge in [-0.1, -0.05) is 30.3 Å². The molecule has 3 aliphatic rings. The average molecular weight is 431 g/mol. The van der Waals surface area contributed by atoms with Gasteiger partial charge in [-0.15, -0.1) is 0 Å². The van der Waals surface area contributed by atoms with E-state index in [1.54, 1.807) is 10.9 Å². The van der Waals surface area contributed by atoms with Gasteiger partial charge in [0.15, 0.2) is 11.1 Å². The largest absolute Gasteiger partial charge is 0.486 e. The lowest BCUT2D eigenvalue weighted by Gasteiger charge is -2.54. The van der Waals surface area contributed by atoms with Gasteiger partial charge >= 0.3 is 6.09 Å². The summed E-state index contributed by atoms with van der Waals surface area (Å²) in [7, 11) is 0. The predicted molar refractivity (Wildman–Crippen MR) is 116 cm³/mol. The molecule has 9 heteroatoms. The first-order chi connectivity index (χ1) is 15.7. The summed E-state index contributed by atoms with van der Waals surface area (Å²) in [6, 6.07) is 16.0. The molecule has 2 atom stereocenters. The third-order valence-corrected chi connectivity index (χ3v) is 6.15. The molecular formula is C23H21N5O4. The number of fused-ring (bicyclic) bond motifs is 3. The van der Waals surface area contributed by atoms with Gasteiger partial charge in [-0.25, -0.2) is 9.48 Å². The molecule has 2 bridgehead atoms. The quantitative estimate of drug-likeness (QED) is 0.516. The molecule has 0 radical (unpaired) electrons. The van der Waals surface area contributed by atoms with Gasteiger partial charge in [-0.3, -0.25) is 4.90 Å². The fourth-order valence-corrected chi connectivity index (χ4v) is 4.62. The zero-order valence-electron chi connectivity index (χ0n) is 17.2. The highest BCUT2D eigenvalue weighted by atomic mass is 16.5. The van der Waals surface area contributed by atoms with Gasteiger partial charge in [0.05, 0.1) is 12.1 Å². The molecule has 2 aromatic carbocycles. The van der Waals surface area contributed by atoms with Crippen molar-refractivity contribution < 1.29 is 19.1 Å². The molecule has 162 valence electrons. The monoisotopic (exact) mass is 431 g/mol. The normalized spacial score (nSPS) is 19.8. The number of amides is 1. The third kappa shape index (κ3) is 3.05. The number of piperazine rings is 1. The number of anilines is 1. The summed E-state index contributed by atoms with van der Waals surface area (Å²) in [6.07, 6.45) is 3.58. The molecule has 32 heavy (non-hydrogen) atoms. The predicted octanol–water partition coefficient (Wildman–Crippen LogP) is 3.53. The number of nitrogens with zero attached hydrogens (tertiary/aromatic N) is 5. The van der Waals surface area contributed by atoms with Crippen molar-refractivity contribution in [2.75, 3.05) is 18.0 Å². The Bertz CT molecular complexity index is 1260. The minimum atomic E-state index is -0.860. The second-order valence-electron chi connectivity index (χ2n) is 8.12. The van der Waals surface area contributed by atoms with Gasteiger partial charge in [0.1, 0.15) is 18.0 Å². The molecule has 2 unspecified atom stereocenters. The minimum Gasteiger partial charge on any atom is -0.486 e. The van der Waals surface area contributed by atoms with Crippen LogP contribution in [0, 0.1) is 0 Å². The summed E-state index contributed by atoms with van der Waals surface area (Å²) in [5.41, 5.74) is 3.04. The van der Waals surface area contributed by atoms with E-state index < -0.39 is 6.09 Å². The molecule has 5 heterocycles. The fraction of sp³-hybridized carbons (Fsp3) is 0.261. The van der Waals surface area contributed by atoms with Crippen molar-refractivity contribution in [1.29, 1.82) is 0 Å². The van der Waals surface area contributed by atoms with E-state index in [1.165, 1.54) is 4.90 Å². The number of benzene rings is 2. The molecule has 3 saturated heterocycles. The van der Waals surface area contributed by atoms with Crippen LogP contribution in [0.25, 0.3) is 16.8 Å². The number of oxazole rings is 1. The highest BCUT2D eigenvalue weighted by Gasteiger charge is 2.48. The Morgan fingerprint density at radius 1 is 1.12 bits per heavy atom. The number of aromatic nitrogens is 3. The molecule has 2 aromatic heterocycles. The van der Waals surface area contributed by atoms with Crippen LogP contribution in [0.15, 0.2) is 65.3 Å². The molecule has 9 nitrogen and oxygen atoms in total. The SMILES string of the molecule is O=C(O)N1C2CC1CN(c1nc3c(OCc4ccccc4)ccc(-n4cccn4)c3o1)C2. The number of piperidine rings is 1. The van der Waals surface area contributed by atoms with Crippen molar-refractivity contribution in [3.05, 3.63) is 66.5 Å². The molecular weight excluding hydrogens is 410 g/mol. The number of rotatable bonds is 5. The Morgan fingerprint density at radius 2 is 1.94 bits per heavy atom. The Balaban J connectivity index is 1.35. The second-order valence-corrected chi connectivity index (χ2v) is 8.12. The fourth-order valence-electron chi connectivity index (χ4n) is 4.62. The Hall–Kier alpha value is -4.01. The van der Waals surface area contributed by atoms with Crippen LogP contribution in [0.2, 0.25) is 0 Å². The smallest absolute Gasteiger partial charge is 0.407 e. The molecule has 3 aliphatic heterocycles. The van der Waals surface area contributed by atoms with Gasteiger partial charge in [0.25, 0.3) is 6.01 Å². The van der Waals surface area contributed by atoms with Gasteiger partial charge in [-0.2, -0.15) is 10.1 Å². The maximum absolute atomic E-state index is 11.4. The van der Waals surface area contributed by atoms with E-state index in [2.05, 4.69) is 5.10 Å². The highest BCUT2D eigenvalue weighted by Crippen LogP contribution is 2.38. The van der Waals surface area contributed by atoms with E-state index in [0.29, 0.717) is 42.6 Å². The van der Waals surface area contributed by atoms with E-state index in [4.69, 9.17) is 14.1 Å². The van der Waals surface area contributed by atoms with Crippen molar-refractivity contribution in [2.24, 2.45) is 0 Å². The Kier molecular flexibility index (Phi) is 4.27. The summed E-state index contributed by atoms with van der Waals surface area (Å²) < 4.78 is 14.1. The highest BCUT2D eigenvalue weighted by molar-refractivity contribution is 5.88. The zero-order chi connectivity index (χ0) is 21.7. The maximum Gasteiger partial charge on any atom is 0.407 e. The van der Waals surface area contributed by atoms with E-state index in [9.17, 15) is 9.90 Å². The number of carbonyl (C=O) groups is 1. The number of ether oxygens (including phenoxy) is 1. The summed E-state index contributed by atoms with van der Waals surface area (Å²) in [6.45, 7) is 1.54. The molecule has 1 amide bonds. The Labute approximate surface area is 183 Å².